The molecule has 1 heterocycles. The molecule has 6 nitrogen and oxygen atoms in total. The fourth-order valence-electron chi connectivity index (χ4n) is 4.30. The third-order valence-electron chi connectivity index (χ3n) is 5.81. The van der Waals surface area contributed by atoms with E-state index < -0.39 is 9.84 Å². The van der Waals surface area contributed by atoms with Gasteiger partial charge in [0.25, 0.3) is 0 Å². The summed E-state index contributed by atoms with van der Waals surface area (Å²) in [5, 5.41) is 13.2. The monoisotopic (exact) mass is 423 g/mol. The Hall–Kier alpha value is -2.85. The van der Waals surface area contributed by atoms with Gasteiger partial charge < -0.3 is 10.1 Å². The van der Waals surface area contributed by atoms with E-state index in [1.807, 2.05) is 12.1 Å². The molecule has 2 aliphatic carbocycles. The van der Waals surface area contributed by atoms with Crippen LogP contribution in [0.5, 0.6) is 5.75 Å². The number of fused-ring (bicyclic) bond motifs is 1. The fourth-order valence-corrected chi connectivity index (χ4v) is 4.93. The summed E-state index contributed by atoms with van der Waals surface area (Å²) in [6, 6.07) is 9.70. The van der Waals surface area contributed by atoms with E-state index in [1.54, 1.807) is 18.2 Å². The second-order valence-corrected chi connectivity index (χ2v) is 9.98. The fraction of sp³-hybridized carbons (Fsp3) is 0.391. The number of pyridine rings is 1. The molecule has 7 heteroatoms. The molecule has 0 saturated heterocycles. The Balaban J connectivity index is 1.70. The predicted molar refractivity (Wildman–Crippen MR) is 116 cm³/mol. The quantitative estimate of drug-likeness (QED) is 0.758. The Bertz CT molecular complexity index is 1160. The Labute approximate surface area is 177 Å². The van der Waals surface area contributed by atoms with Gasteiger partial charge in [-0.05, 0) is 31.0 Å². The minimum absolute atomic E-state index is 0.233. The van der Waals surface area contributed by atoms with Crippen LogP contribution in [0.2, 0.25) is 0 Å². The summed E-state index contributed by atoms with van der Waals surface area (Å²) in [4.78, 5) is 5.04. The van der Waals surface area contributed by atoms with Crippen LogP contribution < -0.4 is 10.1 Å². The van der Waals surface area contributed by atoms with Gasteiger partial charge in [0, 0.05) is 47.6 Å². The summed E-state index contributed by atoms with van der Waals surface area (Å²) in [5.41, 5.74) is 5.23. The maximum Gasteiger partial charge on any atom is 0.175 e. The standard InChI is InChI=1S/C23H25N3O3S/c1-29-22-13-19(30(2,27)28)9-7-15(22)11-18-12-21(25-17-5-3-4-6-17)23-16(14-24)8-10-20(23)26-18/h7-9,12-13,17H,3-6,10-11H2,1-2H3,(H,25,26). The molecule has 30 heavy (non-hydrogen) atoms. The summed E-state index contributed by atoms with van der Waals surface area (Å²) < 4.78 is 29.2. The summed E-state index contributed by atoms with van der Waals surface area (Å²) in [6.07, 6.45) is 9.01. The van der Waals surface area contributed by atoms with Crippen molar-refractivity contribution in [3.05, 3.63) is 52.9 Å². The molecule has 0 atom stereocenters. The highest BCUT2D eigenvalue weighted by Crippen LogP contribution is 2.36. The van der Waals surface area contributed by atoms with Gasteiger partial charge in [0.2, 0.25) is 0 Å². The normalized spacial score (nSPS) is 16.1. The van der Waals surface area contributed by atoms with Gasteiger partial charge in [0.1, 0.15) is 5.75 Å². The minimum Gasteiger partial charge on any atom is -0.496 e. The van der Waals surface area contributed by atoms with Gasteiger partial charge >= 0.3 is 0 Å². The molecule has 0 unspecified atom stereocenters. The Kier molecular flexibility index (Phi) is 5.52. The highest BCUT2D eigenvalue weighted by molar-refractivity contribution is 7.90. The number of ether oxygens (including phenoxy) is 1. The number of allylic oxidation sites excluding steroid dienone is 2. The number of methoxy groups -OCH3 is 1. The highest BCUT2D eigenvalue weighted by Gasteiger charge is 2.24. The van der Waals surface area contributed by atoms with Crippen molar-refractivity contribution < 1.29 is 13.2 Å². The Morgan fingerprint density at radius 1 is 1.27 bits per heavy atom. The molecule has 1 aromatic carbocycles. The zero-order valence-corrected chi connectivity index (χ0v) is 18.1. The maximum atomic E-state index is 11.9. The molecule has 2 aromatic rings. The highest BCUT2D eigenvalue weighted by atomic mass is 32.2. The van der Waals surface area contributed by atoms with Gasteiger partial charge in [-0.1, -0.05) is 25.0 Å². The van der Waals surface area contributed by atoms with Gasteiger partial charge in [-0.3, -0.25) is 4.98 Å². The maximum absolute atomic E-state index is 11.9. The molecule has 1 aromatic heterocycles. The summed E-state index contributed by atoms with van der Waals surface area (Å²) in [5.74, 6) is 0.529. The molecule has 1 N–H and O–H groups in total. The Morgan fingerprint density at radius 3 is 2.70 bits per heavy atom. The zero-order chi connectivity index (χ0) is 21.3. The average molecular weight is 424 g/mol. The van der Waals surface area contributed by atoms with Crippen molar-refractivity contribution >= 4 is 21.1 Å². The molecule has 1 saturated carbocycles. The lowest BCUT2D eigenvalue weighted by atomic mass is 10.0. The number of nitriles is 1. The van der Waals surface area contributed by atoms with E-state index in [4.69, 9.17) is 9.72 Å². The lowest BCUT2D eigenvalue weighted by Crippen LogP contribution is -2.16. The number of nitrogens with zero attached hydrogens (tertiary/aromatic N) is 2. The molecule has 0 bridgehead atoms. The number of benzene rings is 1. The summed E-state index contributed by atoms with van der Waals surface area (Å²) in [6.45, 7) is 0. The van der Waals surface area contributed by atoms with E-state index in [1.165, 1.54) is 26.2 Å². The third-order valence-corrected chi connectivity index (χ3v) is 6.92. The number of hydrogen-bond donors (Lipinski definition) is 1. The van der Waals surface area contributed by atoms with Crippen LogP contribution >= 0.6 is 0 Å². The second-order valence-electron chi connectivity index (χ2n) is 7.96. The van der Waals surface area contributed by atoms with Crippen molar-refractivity contribution in [2.75, 3.05) is 18.7 Å². The van der Waals surface area contributed by atoms with Gasteiger partial charge in [-0.15, -0.1) is 0 Å². The molecule has 156 valence electrons. The lowest BCUT2D eigenvalue weighted by Gasteiger charge is -2.19. The van der Waals surface area contributed by atoms with Crippen LogP contribution in [0.3, 0.4) is 0 Å². The van der Waals surface area contributed by atoms with Gasteiger partial charge in [-0.25, -0.2) is 8.42 Å². The largest absolute Gasteiger partial charge is 0.496 e. The van der Waals surface area contributed by atoms with Gasteiger partial charge in [0.05, 0.1) is 29.3 Å². The van der Waals surface area contributed by atoms with E-state index in [2.05, 4.69) is 11.4 Å². The van der Waals surface area contributed by atoms with Crippen molar-refractivity contribution in [2.24, 2.45) is 0 Å². The minimum atomic E-state index is -3.31. The summed E-state index contributed by atoms with van der Waals surface area (Å²) >= 11 is 0. The van der Waals surface area contributed by atoms with Crippen LogP contribution in [-0.4, -0.2) is 32.8 Å². The topological polar surface area (TPSA) is 92.1 Å². The van der Waals surface area contributed by atoms with Crippen LogP contribution in [0.1, 0.15) is 48.2 Å². The number of hydrogen-bond acceptors (Lipinski definition) is 6. The lowest BCUT2D eigenvalue weighted by molar-refractivity contribution is 0.409. The van der Waals surface area contributed by atoms with E-state index >= 15 is 0 Å². The number of rotatable bonds is 6. The first-order valence-electron chi connectivity index (χ1n) is 10.2. The van der Waals surface area contributed by atoms with E-state index in [0.717, 1.165) is 41.0 Å². The van der Waals surface area contributed by atoms with Gasteiger partial charge in [-0.2, -0.15) is 5.26 Å². The van der Waals surface area contributed by atoms with Crippen LogP contribution in [0.25, 0.3) is 5.57 Å². The van der Waals surface area contributed by atoms with Crippen molar-refractivity contribution in [1.29, 1.82) is 5.26 Å². The Morgan fingerprint density at radius 2 is 2.03 bits per heavy atom. The number of sulfone groups is 1. The SMILES string of the molecule is COc1cc(S(C)(=O)=O)ccc1Cc1cc(NC2CCCC2)c2c(n1)CC=C2C#N. The molecule has 0 spiro atoms. The van der Waals surface area contributed by atoms with E-state index in [9.17, 15) is 13.7 Å². The molecule has 0 radical (unpaired) electrons. The number of nitrogens with one attached hydrogen (secondary N) is 1. The molecule has 1 fully saturated rings. The van der Waals surface area contributed by atoms with Crippen molar-refractivity contribution in [2.45, 2.75) is 49.5 Å². The second kappa shape index (κ2) is 8.11. The number of anilines is 1. The van der Waals surface area contributed by atoms with Crippen LogP contribution in [-0.2, 0) is 22.7 Å². The molecule has 0 amide bonds. The van der Waals surface area contributed by atoms with Crippen molar-refractivity contribution in [3.8, 4) is 11.8 Å². The van der Waals surface area contributed by atoms with Gasteiger partial charge in [0.15, 0.2) is 9.84 Å². The van der Waals surface area contributed by atoms with Crippen LogP contribution in [0.4, 0.5) is 5.69 Å². The first kappa shape index (κ1) is 20.4. The van der Waals surface area contributed by atoms with Crippen LogP contribution in [0, 0.1) is 11.3 Å². The number of aromatic nitrogens is 1. The van der Waals surface area contributed by atoms with Crippen LogP contribution in [0.15, 0.2) is 35.2 Å². The average Bonchev–Trinajstić information content (AvgIpc) is 3.37. The molecule has 2 aliphatic rings. The van der Waals surface area contributed by atoms with Crippen molar-refractivity contribution in [1.82, 2.24) is 4.98 Å². The first-order chi connectivity index (χ1) is 14.4. The first-order valence-corrected chi connectivity index (χ1v) is 12.0. The molecule has 4 rings (SSSR count). The zero-order valence-electron chi connectivity index (χ0n) is 17.2. The smallest absolute Gasteiger partial charge is 0.175 e. The predicted octanol–water partition coefficient (Wildman–Crippen LogP) is 3.90. The molecule has 0 aliphatic heterocycles. The third kappa shape index (κ3) is 4.05. The molecular weight excluding hydrogens is 398 g/mol. The van der Waals surface area contributed by atoms with E-state index in [-0.39, 0.29) is 4.90 Å². The summed E-state index contributed by atoms with van der Waals surface area (Å²) in [7, 11) is -1.77. The molecular formula is C23H25N3O3S. The van der Waals surface area contributed by atoms with Crippen molar-refractivity contribution in [3.63, 3.8) is 0 Å². The van der Waals surface area contributed by atoms with E-state index in [0.29, 0.717) is 30.2 Å².